The summed E-state index contributed by atoms with van der Waals surface area (Å²) in [6, 6.07) is 9.88. The molecule has 20 heavy (non-hydrogen) atoms. The van der Waals surface area contributed by atoms with E-state index >= 15 is 0 Å². The summed E-state index contributed by atoms with van der Waals surface area (Å²) in [5.74, 6) is 1.98. The van der Waals surface area contributed by atoms with E-state index in [1.165, 1.54) is 12.1 Å². The summed E-state index contributed by atoms with van der Waals surface area (Å²) in [5.41, 5.74) is 5.68. The van der Waals surface area contributed by atoms with Gasteiger partial charge in [-0.15, -0.1) is 0 Å². The van der Waals surface area contributed by atoms with Crippen molar-refractivity contribution in [3.8, 4) is 5.75 Å². The summed E-state index contributed by atoms with van der Waals surface area (Å²) in [7, 11) is -3.20. The van der Waals surface area contributed by atoms with Crippen LogP contribution in [0, 0.1) is 6.92 Å². The molecule has 0 aliphatic rings. The molecule has 0 aliphatic carbocycles. The van der Waals surface area contributed by atoms with Gasteiger partial charge in [0.15, 0.2) is 15.9 Å². The number of rotatable bonds is 5. The van der Waals surface area contributed by atoms with Crippen molar-refractivity contribution in [2.75, 3.05) is 12.8 Å². The molecule has 1 aromatic heterocycles. The zero-order valence-corrected chi connectivity index (χ0v) is 12.2. The third-order valence-corrected chi connectivity index (χ3v) is 3.95. The predicted molar refractivity (Wildman–Crippen MR) is 75.4 cm³/mol. The van der Waals surface area contributed by atoms with Crippen LogP contribution in [-0.2, 0) is 9.84 Å². The number of hydrogen-bond acceptors (Lipinski definition) is 5. The Labute approximate surface area is 118 Å². The van der Waals surface area contributed by atoms with Crippen LogP contribution in [0.15, 0.2) is 45.7 Å². The molecule has 0 fully saturated rings. The highest BCUT2D eigenvalue weighted by molar-refractivity contribution is 7.90. The van der Waals surface area contributed by atoms with E-state index < -0.39 is 15.9 Å². The van der Waals surface area contributed by atoms with Crippen LogP contribution >= 0.6 is 0 Å². The second-order valence-corrected chi connectivity index (χ2v) is 6.55. The molecule has 108 valence electrons. The minimum absolute atomic E-state index is 0.253. The molecule has 0 saturated heterocycles. The molecule has 1 aromatic carbocycles. The highest BCUT2D eigenvalue weighted by atomic mass is 32.2. The van der Waals surface area contributed by atoms with Crippen LogP contribution in [0.2, 0.25) is 0 Å². The molecular weight excluding hydrogens is 278 g/mol. The molecule has 0 amide bonds. The molecular formula is C14H17NO4S. The van der Waals surface area contributed by atoms with Gasteiger partial charge in [-0.3, -0.25) is 0 Å². The Morgan fingerprint density at radius 1 is 1.20 bits per heavy atom. The maximum Gasteiger partial charge on any atom is 0.175 e. The van der Waals surface area contributed by atoms with Gasteiger partial charge in [0.25, 0.3) is 0 Å². The first-order chi connectivity index (χ1) is 9.40. The van der Waals surface area contributed by atoms with Gasteiger partial charge >= 0.3 is 0 Å². The van der Waals surface area contributed by atoms with Gasteiger partial charge in [0, 0.05) is 12.8 Å². The highest BCUT2D eigenvalue weighted by Crippen LogP contribution is 2.24. The number of ether oxygens (including phenoxy) is 1. The molecule has 2 N–H and O–H groups in total. The fourth-order valence-corrected chi connectivity index (χ4v) is 2.41. The van der Waals surface area contributed by atoms with E-state index in [9.17, 15) is 8.42 Å². The molecule has 0 radical (unpaired) electrons. The maximum atomic E-state index is 11.4. The molecule has 0 bridgehead atoms. The van der Waals surface area contributed by atoms with Gasteiger partial charge in [0.05, 0.1) is 4.90 Å². The van der Waals surface area contributed by atoms with Gasteiger partial charge in [-0.05, 0) is 43.3 Å². The van der Waals surface area contributed by atoms with Crippen LogP contribution in [0.4, 0.5) is 0 Å². The van der Waals surface area contributed by atoms with E-state index in [1.54, 1.807) is 12.1 Å². The topological polar surface area (TPSA) is 82.5 Å². The van der Waals surface area contributed by atoms with Crippen molar-refractivity contribution in [3.63, 3.8) is 0 Å². The second kappa shape index (κ2) is 5.68. The molecule has 5 nitrogen and oxygen atoms in total. The lowest BCUT2D eigenvalue weighted by atomic mass is 10.2. The molecule has 1 unspecified atom stereocenters. The lowest BCUT2D eigenvalue weighted by Gasteiger charge is -2.15. The minimum Gasteiger partial charge on any atom is -0.481 e. The summed E-state index contributed by atoms with van der Waals surface area (Å²) >= 11 is 0. The first-order valence-corrected chi connectivity index (χ1v) is 8.02. The van der Waals surface area contributed by atoms with E-state index in [2.05, 4.69) is 0 Å². The van der Waals surface area contributed by atoms with Crippen LogP contribution in [0.3, 0.4) is 0 Å². The Bertz CT molecular complexity index is 673. The lowest BCUT2D eigenvalue weighted by Crippen LogP contribution is -2.17. The van der Waals surface area contributed by atoms with Crippen molar-refractivity contribution < 1.29 is 17.6 Å². The lowest BCUT2D eigenvalue weighted by molar-refractivity contribution is 0.182. The third-order valence-electron chi connectivity index (χ3n) is 2.82. The first-order valence-electron chi connectivity index (χ1n) is 6.13. The number of sulfone groups is 1. The Morgan fingerprint density at radius 3 is 2.30 bits per heavy atom. The number of nitrogens with two attached hydrogens (primary N) is 1. The largest absolute Gasteiger partial charge is 0.481 e. The number of benzene rings is 1. The minimum atomic E-state index is -3.20. The SMILES string of the molecule is Cc1ccc(C(CN)Oc2ccc(S(C)(=O)=O)cc2)o1. The standard InChI is InChI=1S/C14H17NO4S/c1-10-3-8-13(18-10)14(9-15)19-11-4-6-12(7-5-11)20(2,16)17/h3-8,14H,9,15H2,1-2H3. The zero-order chi connectivity index (χ0) is 14.8. The van der Waals surface area contributed by atoms with Crippen LogP contribution in [0.5, 0.6) is 5.75 Å². The van der Waals surface area contributed by atoms with Crippen molar-refractivity contribution >= 4 is 9.84 Å². The van der Waals surface area contributed by atoms with E-state index in [4.69, 9.17) is 14.9 Å². The molecule has 0 saturated carbocycles. The molecule has 0 spiro atoms. The summed E-state index contributed by atoms with van der Waals surface area (Å²) in [6.45, 7) is 2.11. The summed E-state index contributed by atoms with van der Waals surface area (Å²) in [4.78, 5) is 0.253. The van der Waals surface area contributed by atoms with Crippen LogP contribution < -0.4 is 10.5 Å². The number of aryl methyl sites for hydroxylation is 1. The monoisotopic (exact) mass is 295 g/mol. The Hall–Kier alpha value is -1.79. The average molecular weight is 295 g/mol. The quantitative estimate of drug-likeness (QED) is 0.913. The molecule has 0 aliphatic heterocycles. The molecule has 2 rings (SSSR count). The highest BCUT2D eigenvalue weighted by Gasteiger charge is 2.16. The van der Waals surface area contributed by atoms with Crippen LogP contribution in [0.1, 0.15) is 17.6 Å². The normalized spacial score (nSPS) is 13.2. The van der Waals surface area contributed by atoms with Gasteiger partial charge < -0.3 is 14.9 Å². The van der Waals surface area contributed by atoms with E-state index in [-0.39, 0.29) is 11.4 Å². The smallest absolute Gasteiger partial charge is 0.175 e. The van der Waals surface area contributed by atoms with Gasteiger partial charge in [-0.2, -0.15) is 0 Å². The summed E-state index contributed by atoms with van der Waals surface area (Å²) < 4.78 is 33.9. The second-order valence-electron chi connectivity index (χ2n) is 4.53. The molecule has 1 heterocycles. The van der Waals surface area contributed by atoms with Crippen molar-refractivity contribution in [3.05, 3.63) is 47.9 Å². The molecule has 2 aromatic rings. The Kier molecular flexibility index (Phi) is 4.15. The van der Waals surface area contributed by atoms with Gasteiger partial charge in [-0.1, -0.05) is 0 Å². The Balaban J connectivity index is 2.16. The number of furan rings is 1. The van der Waals surface area contributed by atoms with Crippen molar-refractivity contribution in [1.29, 1.82) is 0 Å². The third kappa shape index (κ3) is 3.40. The Morgan fingerprint density at radius 2 is 1.85 bits per heavy atom. The van der Waals surface area contributed by atoms with Crippen molar-refractivity contribution in [1.82, 2.24) is 0 Å². The van der Waals surface area contributed by atoms with Gasteiger partial charge in [0.2, 0.25) is 0 Å². The van der Waals surface area contributed by atoms with E-state index in [0.717, 1.165) is 12.0 Å². The average Bonchev–Trinajstić information content (AvgIpc) is 2.82. The fourth-order valence-electron chi connectivity index (χ4n) is 1.78. The van der Waals surface area contributed by atoms with Gasteiger partial charge in [-0.25, -0.2) is 8.42 Å². The fraction of sp³-hybridized carbons (Fsp3) is 0.286. The number of hydrogen-bond donors (Lipinski definition) is 1. The van der Waals surface area contributed by atoms with E-state index in [1.807, 2.05) is 19.1 Å². The van der Waals surface area contributed by atoms with Crippen molar-refractivity contribution in [2.45, 2.75) is 17.9 Å². The summed E-state index contributed by atoms with van der Waals surface area (Å²) in [6.07, 6.45) is 0.768. The van der Waals surface area contributed by atoms with Crippen LogP contribution in [0.25, 0.3) is 0 Å². The summed E-state index contributed by atoms with van der Waals surface area (Å²) in [5, 5.41) is 0. The zero-order valence-electron chi connectivity index (χ0n) is 11.4. The van der Waals surface area contributed by atoms with Crippen molar-refractivity contribution in [2.24, 2.45) is 5.73 Å². The van der Waals surface area contributed by atoms with Crippen LogP contribution in [-0.4, -0.2) is 21.2 Å². The van der Waals surface area contributed by atoms with E-state index in [0.29, 0.717) is 11.5 Å². The maximum absolute atomic E-state index is 11.4. The van der Waals surface area contributed by atoms with Gasteiger partial charge in [0.1, 0.15) is 17.3 Å². The molecule has 1 atom stereocenters. The first kappa shape index (κ1) is 14.6. The molecule has 6 heteroatoms. The predicted octanol–water partition coefficient (Wildman–Crippen LogP) is 2.07.